The van der Waals surface area contributed by atoms with Gasteiger partial charge in [0.2, 0.25) is 10.0 Å². The number of aliphatic hydroxyl groups excluding tert-OH is 2. The number of aromatic hydroxyl groups is 1. The summed E-state index contributed by atoms with van der Waals surface area (Å²) in [6.45, 7) is 1.78. The molecule has 0 aromatic heterocycles. The highest BCUT2D eigenvalue weighted by Gasteiger charge is 2.22. The minimum absolute atomic E-state index is 0.0135. The SMILES string of the molecule is O=S(=O)(NC1CCCCC1)c1cccc(COCCOc2ccc(CCNC[C@H](O)c3ccc(O)c(CO)c3)cc2)c1. The van der Waals surface area contributed by atoms with Crippen molar-refractivity contribution < 1.29 is 33.2 Å². The molecular formula is C32H42N2O7S. The molecule has 0 saturated heterocycles. The van der Waals surface area contributed by atoms with Crippen molar-refractivity contribution in [1.29, 1.82) is 0 Å². The molecule has 42 heavy (non-hydrogen) atoms. The van der Waals surface area contributed by atoms with E-state index in [4.69, 9.17) is 9.47 Å². The Balaban J connectivity index is 1.12. The summed E-state index contributed by atoms with van der Waals surface area (Å²) in [4.78, 5) is 0.269. The molecule has 0 aliphatic heterocycles. The van der Waals surface area contributed by atoms with E-state index in [0.29, 0.717) is 44.0 Å². The van der Waals surface area contributed by atoms with Gasteiger partial charge in [0.1, 0.15) is 18.1 Å². The molecule has 0 radical (unpaired) electrons. The van der Waals surface area contributed by atoms with Crippen molar-refractivity contribution in [3.05, 3.63) is 89.0 Å². The fourth-order valence-corrected chi connectivity index (χ4v) is 6.37. The molecule has 1 fully saturated rings. The Morgan fingerprint density at radius 1 is 0.929 bits per heavy atom. The van der Waals surface area contributed by atoms with Crippen molar-refractivity contribution >= 4 is 10.0 Å². The van der Waals surface area contributed by atoms with Crippen LogP contribution in [0, 0.1) is 0 Å². The molecule has 0 amide bonds. The molecule has 1 atom stereocenters. The third kappa shape index (κ3) is 9.79. The standard InChI is InChI=1S/C32H42N2O7S/c35-22-27-20-26(11-14-31(27)36)32(37)21-33-16-15-24-9-12-29(13-10-24)41-18-17-40-23-25-5-4-8-30(19-25)42(38,39)34-28-6-2-1-3-7-28/h4-5,8-14,19-20,28,32-37H,1-3,6-7,15-18,21-23H2/t32-/m0/s1. The normalized spacial score (nSPS) is 15.0. The highest BCUT2D eigenvalue weighted by Crippen LogP contribution is 2.23. The average Bonchev–Trinajstić information content (AvgIpc) is 3.00. The first-order valence-electron chi connectivity index (χ1n) is 14.6. The third-order valence-corrected chi connectivity index (χ3v) is 8.93. The van der Waals surface area contributed by atoms with Gasteiger partial charge in [-0.1, -0.05) is 49.6 Å². The smallest absolute Gasteiger partial charge is 0.240 e. The molecule has 0 unspecified atom stereocenters. The lowest BCUT2D eigenvalue weighted by molar-refractivity contribution is 0.0888. The molecule has 9 nitrogen and oxygen atoms in total. The van der Waals surface area contributed by atoms with E-state index in [0.717, 1.165) is 49.0 Å². The van der Waals surface area contributed by atoms with Crippen LogP contribution in [0.15, 0.2) is 71.6 Å². The first-order valence-corrected chi connectivity index (χ1v) is 16.0. The van der Waals surface area contributed by atoms with Gasteiger partial charge in [-0.05, 0) is 78.9 Å². The van der Waals surface area contributed by atoms with Crippen LogP contribution in [0.1, 0.15) is 60.5 Å². The molecule has 3 aromatic rings. The second-order valence-corrected chi connectivity index (χ2v) is 12.4. The van der Waals surface area contributed by atoms with Gasteiger partial charge in [-0.3, -0.25) is 0 Å². The van der Waals surface area contributed by atoms with Crippen molar-refractivity contribution in [2.45, 2.75) is 68.8 Å². The number of aliphatic hydroxyl groups is 2. The molecule has 0 heterocycles. The zero-order chi connectivity index (χ0) is 29.8. The number of hydrogen-bond acceptors (Lipinski definition) is 8. The second-order valence-electron chi connectivity index (χ2n) is 10.7. The Morgan fingerprint density at radius 2 is 1.71 bits per heavy atom. The number of nitrogens with one attached hydrogen (secondary N) is 2. The van der Waals surface area contributed by atoms with Gasteiger partial charge in [0.25, 0.3) is 0 Å². The summed E-state index contributed by atoms with van der Waals surface area (Å²) in [5.74, 6) is 0.749. The minimum Gasteiger partial charge on any atom is -0.508 e. The summed E-state index contributed by atoms with van der Waals surface area (Å²) < 4.78 is 39.9. The minimum atomic E-state index is -3.54. The molecule has 10 heteroatoms. The van der Waals surface area contributed by atoms with E-state index in [1.807, 2.05) is 30.3 Å². The second kappa shape index (κ2) is 16.0. The zero-order valence-electron chi connectivity index (χ0n) is 23.9. The van der Waals surface area contributed by atoms with Crippen LogP contribution in [0.2, 0.25) is 0 Å². The molecule has 1 aliphatic rings. The third-order valence-electron chi connectivity index (χ3n) is 7.41. The summed E-state index contributed by atoms with van der Waals surface area (Å²) in [5.41, 5.74) is 2.95. The lowest BCUT2D eigenvalue weighted by Crippen LogP contribution is -2.36. The van der Waals surface area contributed by atoms with Crippen molar-refractivity contribution in [3.63, 3.8) is 0 Å². The van der Waals surface area contributed by atoms with E-state index in [2.05, 4.69) is 10.0 Å². The number of rotatable bonds is 16. The average molecular weight is 599 g/mol. The fraction of sp³-hybridized carbons (Fsp3) is 0.438. The Labute approximate surface area is 248 Å². The molecule has 1 saturated carbocycles. The van der Waals surface area contributed by atoms with E-state index >= 15 is 0 Å². The van der Waals surface area contributed by atoms with Gasteiger partial charge in [-0.25, -0.2) is 13.1 Å². The number of benzene rings is 3. The topological polar surface area (TPSA) is 137 Å². The Morgan fingerprint density at radius 3 is 2.48 bits per heavy atom. The maximum atomic E-state index is 12.8. The molecule has 1 aliphatic carbocycles. The number of ether oxygens (including phenoxy) is 2. The van der Waals surface area contributed by atoms with Crippen LogP contribution in [0.3, 0.4) is 0 Å². The lowest BCUT2D eigenvalue weighted by Gasteiger charge is -2.22. The molecule has 0 spiro atoms. The van der Waals surface area contributed by atoms with Gasteiger partial charge in [-0.2, -0.15) is 0 Å². The van der Waals surface area contributed by atoms with Gasteiger partial charge in [-0.15, -0.1) is 0 Å². The van der Waals surface area contributed by atoms with Crippen molar-refractivity contribution in [2.75, 3.05) is 26.3 Å². The molecule has 3 aromatic carbocycles. The van der Waals surface area contributed by atoms with Crippen LogP contribution in [-0.4, -0.2) is 56.1 Å². The maximum Gasteiger partial charge on any atom is 0.240 e. The van der Waals surface area contributed by atoms with Crippen molar-refractivity contribution in [2.24, 2.45) is 0 Å². The molecule has 0 bridgehead atoms. The van der Waals surface area contributed by atoms with Crippen LogP contribution in [0.5, 0.6) is 11.5 Å². The Hall–Kier alpha value is -2.99. The Kier molecular flexibility index (Phi) is 12.2. The molecule has 228 valence electrons. The summed E-state index contributed by atoms with van der Waals surface area (Å²) in [5, 5.41) is 32.6. The number of hydrogen-bond donors (Lipinski definition) is 5. The van der Waals surface area contributed by atoms with Crippen LogP contribution in [0.4, 0.5) is 0 Å². The molecular weight excluding hydrogens is 556 g/mol. The van der Waals surface area contributed by atoms with Gasteiger partial charge in [0, 0.05) is 18.2 Å². The van der Waals surface area contributed by atoms with Crippen LogP contribution in [0.25, 0.3) is 0 Å². The molecule has 5 N–H and O–H groups in total. The van der Waals surface area contributed by atoms with E-state index < -0.39 is 16.1 Å². The fourth-order valence-electron chi connectivity index (χ4n) is 5.00. The van der Waals surface area contributed by atoms with Gasteiger partial charge < -0.3 is 30.1 Å². The van der Waals surface area contributed by atoms with E-state index in [9.17, 15) is 23.7 Å². The predicted octanol–water partition coefficient (Wildman–Crippen LogP) is 3.96. The van der Waals surface area contributed by atoms with Crippen LogP contribution >= 0.6 is 0 Å². The van der Waals surface area contributed by atoms with Gasteiger partial charge in [0.15, 0.2) is 0 Å². The summed E-state index contributed by atoms with van der Waals surface area (Å²) in [6, 6.07) is 19.4. The first-order chi connectivity index (χ1) is 20.3. The highest BCUT2D eigenvalue weighted by atomic mass is 32.2. The van der Waals surface area contributed by atoms with E-state index in [1.54, 1.807) is 30.3 Å². The maximum absolute atomic E-state index is 12.8. The van der Waals surface area contributed by atoms with E-state index in [1.165, 1.54) is 12.5 Å². The summed E-state index contributed by atoms with van der Waals surface area (Å²) in [6.07, 6.45) is 5.12. The van der Waals surface area contributed by atoms with Crippen molar-refractivity contribution in [3.8, 4) is 11.5 Å². The predicted molar refractivity (Wildman–Crippen MR) is 161 cm³/mol. The highest BCUT2D eigenvalue weighted by molar-refractivity contribution is 7.89. The number of sulfonamides is 1. The summed E-state index contributed by atoms with van der Waals surface area (Å²) >= 11 is 0. The quantitative estimate of drug-likeness (QED) is 0.156. The number of phenols is 1. The lowest BCUT2D eigenvalue weighted by atomic mass is 9.96. The molecule has 4 rings (SSSR count). The first kappa shape index (κ1) is 31.9. The van der Waals surface area contributed by atoms with Crippen molar-refractivity contribution in [1.82, 2.24) is 10.0 Å². The largest absolute Gasteiger partial charge is 0.508 e. The van der Waals surface area contributed by atoms with Gasteiger partial charge in [0.05, 0.1) is 30.8 Å². The Bertz CT molecular complexity index is 1360. The van der Waals surface area contributed by atoms with E-state index in [-0.39, 0.29) is 23.3 Å². The van der Waals surface area contributed by atoms with Crippen LogP contribution < -0.4 is 14.8 Å². The zero-order valence-corrected chi connectivity index (χ0v) is 24.7. The van der Waals surface area contributed by atoms with Gasteiger partial charge >= 0.3 is 0 Å². The monoisotopic (exact) mass is 598 g/mol. The van der Waals surface area contributed by atoms with Crippen LogP contribution in [-0.2, 0) is 34.4 Å². The summed E-state index contributed by atoms with van der Waals surface area (Å²) in [7, 11) is -3.54.